The number of ether oxygens (including phenoxy) is 1. The summed E-state index contributed by atoms with van der Waals surface area (Å²) < 4.78 is 32.2. The zero-order valence-corrected chi connectivity index (χ0v) is 8.83. The molecular weight excluding hydrogens is 214 g/mol. The average molecular weight is 228 g/mol. The number of benzene rings is 1. The smallest absolute Gasteiger partial charge is 0.284 e. The SMILES string of the molecule is Oc1ccc(OC2CCCCC2(F)F)cc1. The van der Waals surface area contributed by atoms with Crippen molar-refractivity contribution in [2.24, 2.45) is 0 Å². The van der Waals surface area contributed by atoms with E-state index in [4.69, 9.17) is 9.84 Å². The fraction of sp³-hybridized carbons (Fsp3) is 0.500. The molecule has 1 aliphatic carbocycles. The van der Waals surface area contributed by atoms with Crippen LogP contribution in [0.4, 0.5) is 8.78 Å². The molecule has 1 aromatic rings. The molecule has 1 fully saturated rings. The van der Waals surface area contributed by atoms with Crippen LogP contribution in [0.3, 0.4) is 0 Å². The molecule has 0 heterocycles. The van der Waals surface area contributed by atoms with E-state index in [9.17, 15) is 8.78 Å². The fourth-order valence-corrected chi connectivity index (χ4v) is 1.90. The van der Waals surface area contributed by atoms with Gasteiger partial charge in [0.05, 0.1) is 0 Å². The summed E-state index contributed by atoms with van der Waals surface area (Å²) in [7, 11) is 0. The van der Waals surface area contributed by atoms with Crippen molar-refractivity contribution in [3.05, 3.63) is 24.3 Å². The number of halogens is 2. The molecular formula is C12H14F2O2. The van der Waals surface area contributed by atoms with Gasteiger partial charge in [0.15, 0.2) is 6.10 Å². The van der Waals surface area contributed by atoms with E-state index < -0.39 is 12.0 Å². The monoisotopic (exact) mass is 228 g/mol. The Bertz CT molecular complexity index is 349. The first-order valence-corrected chi connectivity index (χ1v) is 5.41. The van der Waals surface area contributed by atoms with Gasteiger partial charge in [-0.05, 0) is 43.5 Å². The van der Waals surface area contributed by atoms with Crippen molar-refractivity contribution in [3.8, 4) is 11.5 Å². The molecule has 0 aliphatic heterocycles. The van der Waals surface area contributed by atoms with Gasteiger partial charge in [-0.2, -0.15) is 0 Å². The Morgan fingerprint density at radius 1 is 1.19 bits per heavy atom. The Morgan fingerprint density at radius 2 is 1.88 bits per heavy atom. The van der Waals surface area contributed by atoms with Crippen molar-refractivity contribution in [1.29, 1.82) is 0 Å². The van der Waals surface area contributed by atoms with Gasteiger partial charge in [-0.15, -0.1) is 0 Å². The Hall–Kier alpha value is -1.32. The van der Waals surface area contributed by atoms with E-state index in [2.05, 4.69) is 0 Å². The van der Waals surface area contributed by atoms with Gasteiger partial charge in [-0.25, -0.2) is 8.78 Å². The van der Waals surface area contributed by atoms with Gasteiger partial charge in [-0.3, -0.25) is 0 Å². The molecule has 2 rings (SSSR count). The molecule has 1 atom stereocenters. The van der Waals surface area contributed by atoms with E-state index >= 15 is 0 Å². The third-order valence-electron chi connectivity index (χ3n) is 2.81. The molecule has 4 heteroatoms. The van der Waals surface area contributed by atoms with E-state index in [1.807, 2.05) is 0 Å². The number of phenols is 1. The van der Waals surface area contributed by atoms with Crippen molar-refractivity contribution < 1.29 is 18.6 Å². The highest BCUT2D eigenvalue weighted by Crippen LogP contribution is 2.36. The molecule has 16 heavy (non-hydrogen) atoms. The summed E-state index contributed by atoms with van der Waals surface area (Å²) in [6.07, 6.45) is 0.579. The summed E-state index contributed by atoms with van der Waals surface area (Å²) in [5.41, 5.74) is 0. The maximum absolute atomic E-state index is 13.5. The van der Waals surface area contributed by atoms with Crippen LogP contribution in [0, 0.1) is 0 Å². The summed E-state index contributed by atoms with van der Waals surface area (Å²) in [5.74, 6) is -2.26. The van der Waals surface area contributed by atoms with Crippen molar-refractivity contribution in [2.75, 3.05) is 0 Å². The predicted octanol–water partition coefficient (Wildman–Crippen LogP) is 3.35. The van der Waals surface area contributed by atoms with Crippen LogP contribution in [-0.2, 0) is 0 Å². The topological polar surface area (TPSA) is 29.5 Å². The Morgan fingerprint density at radius 3 is 2.50 bits per heavy atom. The second-order valence-electron chi connectivity index (χ2n) is 4.11. The van der Waals surface area contributed by atoms with Crippen LogP contribution in [0.15, 0.2) is 24.3 Å². The molecule has 0 aromatic heterocycles. The second kappa shape index (κ2) is 4.28. The maximum Gasteiger partial charge on any atom is 0.284 e. The van der Waals surface area contributed by atoms with E-state index in [1.54, 1.807) is 0 Å². The van der Waals surface area contributed by atoms with Crippen LogP contribution < -0.4 is 4.74 Å². The largest absolute Gasteiger partial charge is 0.508 e. The summed E-state index contributed by atoms with van der Waals surface area (Å²) in [6.45, 7) is 0. The fourth-order valence-electron chi connectivity index (χ4n) is 1.90. The predicted molar refractivity (Wildman–Crippen MR) is 55.9 cm³/mol. The lowest BCUT2D eigenvalue weighted by molar-refractivity contribution is -0.119. The number of aromatic hydroxyl groups is 1. The second-order valence-corrected chi connectivity index (χ2v) is 4.11. The van der Waals surface area contributed by atoms with Crippen LogP contribution in [0.5, 0.6) is 11.5 Å². The van der Waals surface area contributed by atoms with E-state index in [0.717, 1.165) is 6.42 Å². The highest BCUT2D eigenvalue weighted by Gasteiger charge is 2.43. The van der Waals surface area contributed by atoms with Gasteiger partial charge in [0.25, 0.3) is 5.92 Å². The first-order valence-electron chi connectivity index (χ1n) is 5.41. The van der Waals surface area contributed by atoms with Crippen LogP contribution in [0.2, 0.25) is 0 Å². The highest BCUT2D eigenvalue weighted by molar-refractivity contribution is 5.30. The summed E-state index contributed by atoms with van der Waals surface area (Å²) in [4.78, 5) is 0. The summed E-state index contributed by atoms with van der Waals surface area (Å²) in [5, 5.41) is 9.06. The Balaban J connectivity index is 2.05. The van der Waals surface area contributed by atoms with Gasteiger partial charge < -0.3 is 9.84 Å². The molecule has 0 saturated heterocycles. The zero-order valence-electron chi connectivity index (χ0n) is 8.83. The first-order chi connectivity index (χ1) is 7.58. The lowest BCUT2D eigenvalue weighted by Crippen LogP contribution is -2.40. The van der Waals surface area contributed by atoms with Gasteiger partial charge >= 0.3 is 0 Å². The normalized spacial score (nSPS) is 24.0. The van der Waals surface area contributed by atoms with Crippen molar-refractivity contribution >= 4 is 0 Å². The first kappa shape index (κ1) is 11.2. The summed E-state index contributed by atoms with van der Waals surface area (Å²) >= 11 is 0. The number of alkyl halides is 2. The number of rotatable bonds is 2. The van der Waals surface area contributed by atoms with Crippen LogP contribution in [0.25, 0.3) is 0 Å². The third kappa shape index (κ3) is 2.43. The van der Waals surface area contributed by atoms with Crippen molar-refractivity contribution in [1.82, 2.24) is 0 Å². The molecule has 1 aliphatic rings. The lowest BCUT2D eigenvalue weighted by atomic mass is 9.94. The molecule has 2 nitrogen and oxygen atoms in total. The van der Waals surface area contributed by atoms with E-state index in [0.29, 0.717) is 18.6 Å². The minimum atomic E-state index is -2.74. The van der Waals surface area contributed by atoms with Gasteiger partial charge in [-0.1, -0.05) is 0 Å². The molecule has 0 spiro atoms. The average Bonchev–Trinajstić information content (AvgIpc) is 2.24. The molecule has 88 valence electrons. The third-order valence-corrected chi connectivity index (χ3v) is 2.81. The molecule has 1 aromatic carbocycles. The molecule has 0 radical (unpaired) electrons. The molecule has 1 N–H and O–H groups in total. The summed E-state index contributed by atoms with van der Waals surface area (Å²) in [6, 6.07) is 5.85. The lowest BCUT2D eigenvalue weighted by Gasteiger charge is -2.31. The molecule has 1 saturated carbocycles. The van der Waals surface area contributed by atoms with Gasteiger partial charge in [0, 0.05) is 6.42 Å². The Labute approximate surface area is 92.9 Å². The molecule has 0 amide bonds. The van der Waals surface area contributed by atoms with Gasteiger partial charge in [0.2, 0.25) is 0 Å². The van der Waals surface area contributed by atoms with Gasteiger partial charge in [0.1, 0.15) is 11.5 Å². The molecule has 1 unspecified atom stereocenters. The van der Waals surface area contributed by atoms with E-state index in [1.165, 1.54) is 24.3 Å². The molecule has 0 bridgehead atoms. The van der Waals surface area contributed by atoms with Crippen LogP contribution in [0.1, 0.15) is 25.7 Å². The quantitative estimate of drug-likeness (QED) is 0.841. The Kier molecular flexibility index (Phi) is 2.99. The zero-order chi connectivity index (χ0) is 11.6. The highest BCUT2D eigenvalue weighted by atomic mass is 19.3. The van der Waals surface area contributed by atoms with E-state index in [-0.39, 0.29) is 12.2 Å². The number of phenolic OH excluding ortho intramolecular Hbond substituents is 1. The standard InChI is InChI=1S/C12H14F2O2/c13-12(14)8-2-1-3-11(12)16-10-6-4-9(15)5-7-10/h4-7,11,15H,1-3,8H2. The number of hydrogen-bond acceptors (Lipinski definition) is 2. The van der Waals surface area contributed by atoms with Crippen molar-refractivity contribution in [3.63, 3.8) is 0 Å². The number of hydrogen-bond donors (Lipinski definition) is 1. The minimum absolute atomic E-state index is 0.0998. The minimum Gasteiger partial charge on any atom is -0.508 e. The maximum atomic E-state index is 13.5. The van der Waals surface area contributed by atoms with Crippen LogP contribution >= 0.6 is 0 Å². The van der Waals surface area contributed by atoms with Crippen molar-refractivity contribution in [2.45, 2.75) is 37.7 Å². The van der Waals surface area contributed by atoms with Crippen LogP contribution in [-0.4, -0.2) is 17.1 Å².